The van der Waals surface area contributed by atoms with Gasteiger partial charge in [0.1, 0.15) is 5.82 Å². The zero-order valence-electron chi connectivity index (χ0n) is 8.91. The lowest BCUT2D eigenvalue weighted by atomic mass is 10.3. The Hall–Kier alpha value is -1.14. The summed E-state index contributed by atoms with van der Waals surface area (Å²) in [6.07, 6.45) is 0. The average molecular weight is 320 g/mol. The van der Waals surface area contributed by atoms with E-state index in [9.17, 15) is 4.39 Å². The molecule has 1 aromatic heterocycles. The van der Waals surface area contributed by atoms with E-state index >= 15 is 0 Å². The van der Waals surface area contributed by atoms with Gasteiger partial charge in [0.15, 0.2) is 0 Å². The summed E-state index contributed by atoms with van der Waals surface area (Å²) in [5.41, 5.74) is 0.571. The first kappa shape index (κ1) is 12.3. The maximum absolute atomic E-state index is 13.2. The lowest BCUT2D eigenvalue weighted by Gasteiger charge is -2.06. The van der Waals surface area contributed by atoms with Crippen LogP contribution in [0.2, 0.25) is 5.02 Å². The van der Waals surface area contributed by atoms with Gasteiger partial charge in [-0.25, -0.2) is 9.07 Å². The van der Waals surface area contributed by atoms with Crippen LogP contribution in [0.1, 0.15) is 6.92 Å². The summed E-state index contributed by atoms with van der Waals surface area (Å²) in [5, 5.41) is 7.17. The first-order chi connectivity index (χ1) is 8.10. The number of aromatic nitrogens is 3. The number of aryl methyl sites for hydroxylation is 1. The number of anilines is 2. The van der Waals surface area contributed by atoms with Gasteiger partial charge in [-0.3, -0.25) is 0 Å². The molecular weight excluding hydrogens is 310 g/mol. The molecule has 1 heterocycles. The maximum atomic E-state index is 13.2. The van der Waals surface area contributed by atoms with Crippen LogP contribution in [0.25, 0.3) is 0 Å². The molecule has 0 bridgehead atoms. The Morgan fingerprint density at radius 2 is 2.29 bits per heavy atom. The first-order valence-electron chi connectivity index (χ1n) is 4.92. The van der Waals surface area contributed by atoms with Crippen molar-refractivity contribution < 1.29 is 4.39 Å². The van der Waals surface area contributed by atoms with Crippen molar-refractivity contribution in [1.29, 1.82) is 0 Å². The van der Waals surface area contributed by atoms with Crippen molar-refractivity contribution in [2.45, 2.75) is 13.5 Å². The normalized spacial score (nSPS) is 10.6. The Balaban J connectivity index is 2.27. The summed E-state index contributed by atoms with van der Waals surface area (Å²) in [6.45, 7) is 2.60. The molecule has 17 heavy (non-hydrogen) atoms. The molecule has 1 N–H and O–H groups in total. The van der Waals surface area contributed by atoms with E-state index in [1.165, 1.54) is 12.1 Å². The second-order valence-corrected chi connectivity index (χ2v) is 4.39. The molecular formula is C10H9BrClFN4. The van der Waals surface area contributed by atoms with Crippen molar-refractivity contribution >= 4 is 39.2 Å². The molecule has 2 aromatic rings. The van der Waals surface area contributed by atoms with Gasteiger partial charge in [0.25, 0.3) is 0 Å². The fourth-order valence-corrected chi connectivity index (χ4v) is 1.81. The standard InChI is InChI=1S/C10H9BrClFN4/c1-2-17-10(15-9(11)16-17)14-6-3-4-7(12)8(13)5-6/h3-5H,2H2,1H3,(H,14,15,16). The Labute approximate surface area is 111 Å². The van der Waals surface area contributed by atoms with Gasteiger partial charge in [0.2, 0.25) is 10.7 Å². The van der Waals surface area contributed by atoms with E-state index in [0.717, 1.165) is 0 Å². The van der Waals surface area contributed by atoms with Gasteiger partial charge in [-0.05, 0) is 41.1 Å². The summed E-state index contributed by atoms with van der Waals surface area (Å²) >= 11 is 8.79. The molecule has 0 spiro atoms. The fourth-order valence-electron chi connectivity index (χ4n) is 1.33. The number of hydrogen-bond acceptors (Lipinski definition) is 3. The molecule has 0 radical (unpaired) electrons. The van der Waals surface area contributed by atoms with E-state index in [-0.39, 0.29) is 5.02 Å². The van der Waals surface area contributed by atoms with Crippen LogP contribution in [0.5, 0.6) is 0 Å². The summed E-state index contributed by atoms with van der Waals surface area (Å²) in [6, 6.07) is 4.47. The van der Waals surface area contributed by atoms with Gasteiger partial charge in [-0.1, -0.05) is 11.6 Å². The summed E-state index contributed by atoms with van der Waals surface area (Å²) in [7, 11) is 0. The number of benzene rings is 1. The van der Waals surface area contributed by atoms with Crippen molar-refractivity contribution in [1.82, 2.24) is 14.8 Å². The third-order valence-electron chi connectivity index (χ3n) is 2.12. The van der Waals surface area contributed by atoms with Crippen molar-refractivity contribution in [3.8, 4) is 0 Å². The molecule has 0 aliphatic rings. The zero-order chi connectivity index (χ0) is 12.4. The highest BCUT2D eigenvalue weighted by atomic mass is 79.9. The monoisotopic (exact) mass is 318 g/mol. The maximum Gasteiger partial charge on any atom is 0.226 e. The Bertz CT molecular complexity index is 543. The molecule has 0 atom stereocenters. The van der Waals surface area contributed by atoms with Gasteiger partial charge < -0.3 is 5.32 Å². The fraction of sp³-hybridized carbons (Fsp3) is 0.200. The van der Waals surface area contributed by atoms with Gasteiger partial charge in [0, 0.05) is 12.2 Å². The Morgan fingerprint density at radius 3 is 2.94 bits per heavy atom. The third kappa shape index (κ3) is 2.76. The molecule has 1 aromatic carbocycles. The smallest absolute Gasteiger partial charge is 0.226 e. The number of rotatable bonds is 3. The van der Waals surface area contributed by atoms with E-state index < -0.39 is 5.82 Å². The minimum atomic E-state index is -0.474. The van der Waals surface area contributed by atoms with Crippen LogP contribution in [0.3, 0.4) is 0 Å². The second kappa shape index (κ2) is 5.01. The van der Waals surface area contributed by atoms with Crippen LogP contribution in [0.15, 0.2) is 22.9 Å². The van der Waals surface area contributed by atoms with Crippen LogP contribution in [0.4, 0.5) is 16.0 Å². The van der Waals surface area contributed by atoms with Crippen LogP contribution in [-0.4, -0.2) is 14.8 Å². The van der Waals surface area contributed by atoms with Gasteiger partial charge in [-0.2, -0.15) is 4.98 Å². The van der Waals surface area contributed by atoms with E-state index in [1.807, 2.05) is 6.92 Å². The molecule has 0 fully saturated rings. The minimum Gasteiger partial charge on any atom is -0.324 e. The quantitative estimate of drug-likeness (QED) is 0.940. The van der Waals surface area contributed by atoms with E-state index in [4.69, 9.17) is 11.6 Å². The van der Waals surface area contributed by atoms with E-state index in [2.05, 4.69) is 31.3 Å². The van der Waals surface area contributed by atoms with Crippen molar-refractivity contribution in [3.05, 3.63) is 33.8 Å². The highest BCUT2D eigenvalue weighted by Crippen LogP contribution is 2.22. The molecule has 0 aliphatic heterocycles. The topological polar surface area (TPSA) is 42.7 Å². The number of halogens is 3. The lowest BCUT2D eigenvalue weighted by Crippen LogP contribution is -2.03. The first-order valence-corrected chi connectivity index (χ1v) is 6.09. The van der Waals surface area contributed by atoms with Gasteiger partial charge in [-0.15, -0.1) is 5.10 Å². The Kier molecular flexibility index (Phi) is 3.63. The molecule has 4 nitrogen and oxygen atoms in total. The molecule has 0 unspecified atom stereocenters. The van der Waals surface area contributed by atoms with Gasteiger partial charge >= 0.3 is 0 Å². The SMILES string of the molecule is CCn1nc(Br)nc1Nc1ccc(Cl)c(F)c1. The molecule has 0 saturated heterocycles. The van der Waals surface area contributed by atoms with Crippen molar-refractivity contribution in [3.63, 3.8) is 0 Å². The molecule has 0 saturated carbocycles. The van der Waals surface area contributed by atoms with Crippen molar-refractivity contribution in [2.24, 2.45) is 0 Å². The highest BCUT2D eigenvalue weighted by molar-refractivity contribution is 9.10. The molecule has 7 heteroatoms. The molecule has 0 amide bonds. The predicted molar refractivity (Wildman–Crippen MR) is 68.1 cm³/mol. The zero-order valence-corrected chi connectivity index (χ0v) is 11.3. The highest BCUT2D eigenvalue weighted by Gasteiger charge is 2.08. The van der Waals surface area contributed by atoms with E-state index in [0.29, 0.717) is 22.9 Å². The molecule has 90 valence electrons. The van der Waals surface area contributed by atoms with Crippen LogP contribution < -0.4 is 5.32 Å². The predicted octanol–water partition coefficient (Wildman–Crippen LogP) is 3.60. The summed E-state index contributed by atoms with van der Waals surface area (Å²) in [5.74, 6) is 0.0689. The number of hydrogen-bond donors (Lipinski definition) is 1. The van der Waals surface area contributed by atoms with Gasteiger partial charge in [0.05, 0.1) is 5.02 Å². The van der Waals surface area contributed by atoms with Crippen LogP contribution in [0, 0.1) is 5.82 Å². The lowest BCUT2D eigenvalue weighted by molar-refractivity contribution is 0.628. The Morgan fingerprint density at radius 1 is 1.53 bits per heavy atom. The van der Waals surface area contributed by atoms with Crippen molar-refractivity contribution in [2.75, 3.05) is 5.32 Å². The second-order valence-electron chi connectivity index (χ2n) is 3.27. The van der Waals surface area contributed by atoms with Crippen LogP contribution in [-0.2, 0) is 6.54 Å². The van der Waals surface area contributed by atoms with Crippen LogP contribution >= 0.6 is 27.5 Å². The number of nitrogens with one attached hydrogen (secondary N) is 1. The largest absolute Gasteiger partial charge is 0.324 e. The third-order valence-corrected chi connectivity index (χ3v) is 2.76. The van der Waals surface area contributed by atoms with E-state index in [1.54, 1.807) is 10.7 Å². The molecule has 2 rings (SSSR count). The summed E-state index contributed by atoms with van der Waals surface area (Å²) in [4.78, 5) is 4.13. The minimum absolute atomic E-state index is 0.0914. The average Bonchev–Trinajstić information content (AvgIpc) is 2.64. The number of nitrogens with zero attached hydrogens (tertiary/aromatic N) is 3. The molecule has 0 aliphatic carbocycles. The summed E-state index contributed by atoms with van der Waals surface area (Å²) < 4.78 is 15.4.